The molecule has 1 heterocycles. The summed E-state index contributed by atoms with van der Waals surface area (Å²) in [6.07, 6.45) is 0. The summed E-state index contributed by atoms with van der Waals surface area (Å²) in [6.45, 7) is 1.85. The van der Waals surface area contributed by atoms with Crippen LogP contribution in [0.2, 0.25) is 10.2 Å². The highest BCUT2D eigenvalue weighted by atomic mass is 35.5. The Balaban J connectivity index is 2.97. The van der Waals surface area contributed by atoms with Crippen LogP contribution in [0.3, 0.4) is 0 Å². The quantitative estimate of drug-likeness (QED) is 0.604. The van der Waals surface area contributed by atoms with Gasteiger partial charge in [-0.2, -0.15) is 0 Å². The highest BCUT2D eigenvalue weighted by Gasteiger charge is 2.06. The molecule has 13 heavy (non-hydrogen) atoms. The number of pyridine rings is 1. The van der Waals surface area contributed by atoms with Crippen LogP contribution in [0.15, 0.2) is 24.3 Å². The summed E-state index contributed by atoms with van der Waals surface area (Å²) in [7, 11) is 0. The molecule has 0 amide bonds. The number of aryl methyl sites for hydroxylation is 1. The summed E-state index contributed by atoms with van der Waals surface area (Å²) < 4.78 is 0. The maximum Gasteiger partial charge on any atom is 0.137 e. The van der Waals surface area contributed by atoms with Crippen molar-refractivity contribution in [1.29, 1.82) is 0 Å². The predicted molar refractivity (Wildman–Crippen MR) is 56.5 cm³/mol. The molecule has 1 nitrogen and oxygen atoms in total. The second-order valence-corrected chi connectivity index (χ2v) is 3.58. The van der Waals surface area contributed by atoms with Gasteiger partial charge in [0.05, 0.1) is 10.7 Å². The fraction of sp³-hybridized carbons (Fsp3) is 0.100. The number of fused-ring (bicyclic) bond motifs is 1. The smallest absolute Gasteiger partial charge is 0.137 e. The number of rotatable bonds is 0. The first kappa shape index (κ1) is 8.79. The van der Waals surface area contributed by atoms with Crippen LogP contribution in [-0.2, 0) is 0 Å². The monoisotopic (exact) mass is 211 g/mol. The minimum absolute atomic E-state index is 0.512. The summed E-state index contributed by atoms with van der Waals surface area (Å²) >= 11 is 12.0. The molecule has 0 N–H and O–H groups in total. The average molecular weight is 212 g/mol. The molecule has 1 aromatic heterocycles. The minimum Gasteiger partial charge on any atom is -0.239 e. The van der Waals surface area contributed by atoms with Crippen molar-refractivity contribution in [3.8, 4) is 0 Å². The first-order valence-electron chi connectivity index (χ1n) is 3.90. The van der Waals surface area contributed by atoms with E-state index in [9.17, 15) is 0 Å². The van der Waals surface area contributed by atoms with Crippen LogP contribution in [0, 0.1) is 6.92 Å². The highest BCUT2D eigenvalue weighted by molar-refractivity contribution is 6.39. The lowest BCUT2D eigenvalue weighted by atomic mass is 10.1. The zero-order chi connectivity index (χ0) is 9.42. The van der Waals surface area contributed by atoms with Gasteiger partial charge >= 0.3 is 0 Å². The molecule has 0 saturated heterocycles. The van der Waals surface area contributed by atoms with Crippen LogP contribution in [0.25, 0.3) is 10.8 Å². The second-order valence-electron chi connectivity index (χ2n) is 2.85. The largest absolute Gasteiger partial charge is 0.239 e. The molecule has 0 radical (unpaired) electrons. The van der Waals surface area contributed by atoms with Crippen LogP contribution < -0.4 is 0 Å². The molecule has 0 aliphatic carbocycles. The Morgan fingerprint density at radius 1 is 1.08 bits per heavy atom. The molecule has 3 heteroatoms. The van der Waals surface area contributed by atoms with E-state index in [1.807, 2.05) is 31.2 Å². The third kappa shape index (κ3) is 1.38. The SMILES string of the molecule is Cc1nc(Cl)c2ccccc2c1Cl. The first-order chi connectivity index (χ1) is 6.20. The van der Waals surface area contributed by atoms with Gasteiger partial charge in [0.2, 0.25) is 0 Å². The molecule has 0 fully saturated rings. The van der Waals surface area contributed by atoms with Gasteiger partial charge in [0.1, 0.15) is 5.15 Å². The van der Waals surface area contributed by atoms with Crippen LogP contribution >= 0.6 is 23.2 Å². The van der Waals surface area contributed by atoms with Crippen molar-refractivity contribution in [3.63, 3.8) is 0 Å². The van der Waals surface area contributed by atoms with Crippen molar-refractivity contribution >= 4 is 34.0 Å². The maximum atomic E-state index is 6.08. The lowest BCUT2D eigenvalue weighted by molar-refractivity contribution is 1.22. The van der Waals surface area contributed by atoms with Gasteiger partial charge in [0.25, 0.3) is 0 Å². The van der Waals surface area contributed by atoms with E-state index in [-0.39, 0.29) is 0 Å². The molecule has 0 unspecified atom stereocenters. The Kier molecular flexibility index (Phi) is 2.14. The summed E-state index contributed by atoms with van der Waals surface area (Å²) in [6, 6.07) is 7.71. The number of aromatic nitrogens is 1. The molecule has 2 rings (SSSR count). The van der Waals surface area contributed by atoms with Crippen LogP contribution in [0.1, 0.15) is 5.69 Å². The molecule has 0 atom stereocenters. The van der Waals surface area contributed by atoms with Crippen molar-refractivity contribution in [3.05, 3.63) is 40.1 Å². The standard InChI is InChI=1S/C10H7Cl2N/c1-6-9(11)7-4-2-3-5-8(7)10(12)13-6/h2-5H,1H3. The Bertz CT molecular complexity index is 466. The Morgan fingerprint density at radius 2 is 1.69 bits per heavy atom. The van der Waals surface area contributed by atoms with E-state index in [1.165, 1.54) is 0 Å². The number of halogens is 2. The summed E-state index contributed by atoms with van der Waals surface area (Å²) in [5, 5.41) is 3.05. The van der Waals surface area contributed by atoms with Crippen molar-refractivity contribution in [2.24, 2.45) is 0 Å². The third-order valence-corrected chi connectivity index (χ3v) is 2.73. The number of hydrogen-bond acceptors (Lipinski definition) is 1. The van der Waals surface area contributed by atoms with Gasteiger partial charge in [-0.25, -0.2) is 4.98 Å². The van der Waals surface area contributed by atoms with Gasteiger partial charge in [-0.05, 0) is 6.92 Å². The second kappa shape index (κ2) is 3.17. The van der Waals surface area contributed by atoms with Crippen molar-refractivity contribution in [1.82, 2.24) is 4.98 Å². The van der Waals surface area contributed by atoms with Crippen molar-refractivity contribution in [2.45, 2.75) is 6.92 Å². The minimum atomic E-state index is 0.512. The van der Waals surface area contributed by atoms with E-state index in [1.54, 1.807) is 0 Å². The lowest BCUT2D eigenvalue weighted by Crippen LogP contribution is -1.86. The fourth-order valence-electron chi connectivity index (χ4n) is 1.31. The van der Waals surface area contributed by atoms with E-state index in [0.29, 0.717) is 10.2 Å². The van der Waals surface area contributed by atoms with Crippen LogP contribution in [0.5, 0.6) is 0 Å². The average Bonchev–Trinajstić information content (AvgIpc) is 2.15. The molecule has 0 spiro atoms. The summed E-state index contributed by atoms with van der Waals surface area (Å²) in [4.78, 5) is 4.13. The number of nitrogens with zero attached hydrogens (tertiary/aromatic N) is 1. The zero-order valence-electron chi connectivity index (χ0n) is 7.01. The van der Waals surface area contributed by atoms with Gasteiger partial charge in [0.15, 0.2) is 0 Å². The van der Waals surface area contributed by atoms with E-state index in [0.717, 1.165) is 16.5 Å². The van der Waals surface area contributed by atoms with E-state index in [4.69, 9.17) is 23.2 Å². The number of benzene rings is 1. The maximum absolute atomic E-state index is 6.08. The van der Waals surface area contributed by atoms with Crippen LogP contribution in [0.4, 0.5) is 0 Å². The molecule has 0 saturated carbocycles. The normalized spacial score (nSPS) is 10.7. The number of hydrogen-bond donors (Lipinski definition) is 0. The molecule has 2 aromatic rings. The fourth-order valence-corrected chi connectivity index (χ4v) is 1.80. The third-order valence-electron chi connectivity index (χ3n) is 1.97. The van der Waals surface area contributed by atoms with Crippen molar-refractivity contribution < 1.29 is 0 Å². The van der Waals surface area contributed by atoms with Crippen molar-refractivity contribution in [2.75, 3.05) is 0 Å². The summed E-state index contributed by atoms with van der Waals surface area (Å²) in [5.41, 5.74) is 0.769. The molecule has 0 aliphatic heterocycles. The predicted octanol–water partition coefficient (Wildman–Crippen LogP) is 3.85. The molecule has 0 bridgehead atoms. The van der Waals surface area contributed by atoms with E-state index >= 15 is 0 Å². The molecular formula is C10H7Cl2N. The Hall–Kier alpha value is -0.790. The van der Waals surface area contributed by atoms with E-state index in [2.05, 4.69) is 4.98 Å². The van der Waals surface area contributed by atoms with Gasteiger partial charge in [0, 0.05) is 10.8 Å². The molecule has 1 aromatic carbocycles. The van der Waals surface area contributed by atoms with E-state index < -0.39 is 0 Å². The van der Waals surface area contributed by atoms with Gasteiger partial charge in [-0.3, -0.25) is 0 Å². The zero-order valence-corrected chi connectivity index (χ0v) is 8.52. The van der Waals surface area contributed by atoms with Gasteiger partial charge in [-0.15, -0.1) is 0 Å². The topological polar surface area (TPSA) is 12.9 Å². The molecule has 66 valence electrons. The summed E-state index contributed by atoms with van der Waals surface area (Å²) in [5.74, 6) is 0. The van der Waals surface area contributed by atoms with Gasteiger partial charge in [-0.1, -0.05) is 47.5 Å². The molecular weight excluding hydrogens is 205 g/mol. The first-order valence-corrected chi connectivity index (χ1v) is 4.66. The molecule has 0 aliphatic rings. The Morgan fingerprint density at radius 3 is 2.38 bits per heavy atom. The Labute approximate surface area is 86.3 Å². The lowest BCUT2D eigenvalue weighted by Gasteiger charge is -2.04. The van der Waals surface area contributed by atoms with Crippen LogP contribution in [-0.4, -0.2) is 4.98 Å². The van der Waals surface area contributed by atoms with Gasteiger partial charge < -0.3 is 0 Å². The highest BCUT2D eigenvalue weighted by Crippen LogP contribution is 2.29.